The summed E-state index contributed by atoms with van der Waals surface area (Å²) in [4.78, 5) is 12.5. The number of fused-ring (bicyclic) bond motifs is 8. The number of hydrogen-bond acceptors (Lipinski definition) is 2. The van der Waals surface area contributed by atoms with Gasteiger partial charge < -0.3 is 5.32 Å². The van der Waals surface area contributed by atoms with Crippen LogP contribution in [-0.2, 0) is 0 Å². The Kier molecular flexibility index (Phi) is 4.63. The van der Waals surface area contributed by atoms with Crippen LogP contribution in [-0.4, -0.2) is 5.78 Å². The highest BCUT2D eigenvalue weighted by Gasteiger charge is 2.15. The van der Waals surface area contributed by atoms with Crippen LogP contribution in [0.1, 0.15) is 15.9 Å². The molecule has 33 heavy (non-hydrogen) atoms. The molecular weight excluding hydrogens is 402 g/mol. The lowest BCUT2D eigenvalue weighted by atomic mass is 9.91. The van der Waals surface area contributed by atoms with Crippen LogP contribution >= 0.6 is 0 Å². The summed E-state index contributed by atoms with van der Waals surface area (Å²) in [6.07, 6.45) is 19.3. The van der Waals surface area contributed by atoms with E-state index in [4.69, 9.17) is 0 Å². The highest BCUT2D eigenvalue weighted by Crippen LogP contribution is 2.31. The molecule has 7 rings (SSSR count). The molecule has 2 aliphatic carbocycles. The molecule has 0 radical (unpaired) electrons. The topological polar surface area (TPSA) is 29.1 Å². The van der Waals surface area contributed by atoms with Crippen LogP contribution in [0, 0.1) is 10.4 Å². The number of benzene rings is 4. The second-order valence-corrected chi connectivity index (χ2v) is 8.20. The molecule has 0 fully saturated rings. The molecule has 0 aromatic heterocycles. The van der Waals surface area contributed by atoms with Crippen molar-refractivity contribution in [3.63, 3.8) is 0 Å². The lowest BCUT2D eigenvalue weighted by Gasteiger charge is -2.11. The third kappa shape index (κ3) is 3.24. The first-order valence-electron chi connectivity index (χ1n) is 11.1. The summed E-state index contributed by atoms with van der Waals surface area (Å²) in [6, 6.07) is 21.4. The smallest absolute Gasteiger partial charge is 0.187 e. The minimum absolute atomic E-state index is 0.0903. The summed E-state index contributed by atoms with van der Waals surface area (Å²) >= 11 is 0. The van der Waals surface area contributed by atoms with E-state index in [0.29, 0.717) is 0 Å². The molecule has 1 heterocycles. The largest absolute Gasteiger partial charge is 0.368 e. The number of allylic oxidation sites excluding steroid dienone is 6. The van der Waals surface area contributed by atoms with Crippen molar-refractivity contribution < 1.29 is 4.79 Å². The van der Waals surface area contributed by atoms with Gasteiger partial charge in [-0.1, -0.05) is 85.0 Å². The molecular formula is C31H21NO. The van der Waals surface area contributed by atoms with E-state index in [9.17, 15) is 4.79 Å². The third-order valence-electron chi connectivity index (χ3n) is 6.31. The molecule has 0 unspecified atom stereocenters. The van der Waals surface area contributed by atoms with Gasteiger partial charge >= 0.3 is 0 Å². The Morgan fingerprint density at radius 3 is 2.18 bits per heavy atom. The first-order valence-corrected chi connectivity index (χ1v) is 11.1. The molecule has 2 heteroatoms. The molecule has 0 amide bonds. The van der Waals surface area contributed by atoms with Gasteiger partial charge in [0.15, 0.2) is 5.78 Å². The first kappa shape index (κ1) is 19.3. The van der Waals surface area contributed by atoms with Gasteiger partial charge in [-0.3, -0.25) is 4.79 Å². The van der Waals surface area contributed by atoms with Gasteiger partial charge in [0.1, 0.15) is 0 Å². The minimum atomic E-state index is 0.0903. The summed E-state index contributed by atoms with van der Waals surface area (Å²) in [6.45, 7) is 0. The molecule has 4 aromatic carbocycles. The van der Waals surface area contributed by atoms with Crippen molar-refractivity contribution in [2.75, 3.05) is 0 Å². The Morgan fingerprint density at radius 1 is 0.576 bits per heavy atom. The zero-order valence-electron chi connectivity index (χ0n) is 18.0. The van der Waals surface area contributed by atoms with Gasteiger partial charge in [0.25, 0.3) is 0 Å². The fourth-order valence-electron chi connectivity index (χ4n) is 4.82. The summed E-state index contributed by atoms with van der Waals surface area (Å²) in [5, 5.41) is 12.4. The van der Waals surface area contributed by atoms with Crippen LogP contribution < -0.4 is 15.8 Å². The lowest BCUT2D eigenvalue weighted by molar-refractivity contribution is 0.104. The normalized spacial score (nSPS) is 14.4. The maximum atomic E-state index is 12.5. The number of rotatable bonds is 0. The number of ketones is 1. The maximum absolute atomic E-state index is 12.5. The van der Waals surface area contributed by atoms with Gasteiger partial charge in [-0.25, -0.2) is 0 Å². The van der Waals surface area contributed by atoms with Crippen molar-refractivity contribution in [2.24, 2.45) is 0 Å². The van der Waals surface area contributed by atoms with E-state index in [1.54, 1.807) is 6.08 Å². The van der Waals surface area contributed by atoms with Gasteiger partial charge in [0, 0.05) is 18.0 Å². The van der Waals surface area contributed by atoms with Crippen molar-refractivity contribution in [1.82, 2.24) is 5.32 Å². The van der Waals surface area contributed by atoms with E-state index in [1.165, 1.54) is 32.0 Å². The Labute approximate surface area is 191 Å². The van der Waals surface area contributed by atoms with Crippen LogP contribution in [0.2, 0.25) is 0 Å². The van der Waals surface area contributed by atoms with Gasteiger partial charge in [-0.15, -0.1) is 0 Å². The predicted octanol–water partition coefficient (Wildman–Crippen LogP) is 5.13. The minimum Gasteiger partial charge on any atom is -0.368 e. The van der Waals surface area contributed by atoms with Crippen molar-refractivity contribution in [3.8, 4) is 0 Å². The average Bonchev–Trinajstić information content (AvgIpc) is 3.00. The van der Waals surface area contributed by atoms with Crippen molar-refractivity contribution in [2.45, 2.75) is 0 Å². The van der Waals surface area contributed by atoms with Crippen LogP contribution in [0.4, 0.5) is 0 Å². The fourth-order valence-corrected chi connectivity index (χ4v) is 4.82. The van der Waals surface area contributed by atoms with Crippen LogP contribution in [0.5, 0.6) is 0 Å². The summed E-state index contributed by atoms with van der Waals surface area (Å²) in [5.74, 6) is 0.0903. The van der Waals surface area contributed by atoms with Crippen LogP contribution in [0.25, 0.3) is 33.7 Å². The van der Waals surface area contributed by atoms with E-state index >= 15 is 0 Å². The number of carbonyl (C=O) groups excluding carboxylic acids is 1. The molecule has 0 atom stereocenters. The zero-order chi connectivity index (χ0) is 22.2. The molecule has 0 saturated carbocycles. The van der Waals surface area contributed by atoms with E-state index < -0.39 is 0 Å². The van der Waals surface area contributed by atoms with Gasteiger partial charge in [0.05, 0.1) is 0 Å². The van der Waals surface area contributed by atoms with Crippen LogP contribution in [0.15, 0.2) is 110 Å². The summed E-state index contributed by atoms with van der Waals surface area (Å²) in [5.41, 5.74) is 2.10. The third-order valence-corrected chi connectivity index (χ3v) is 6.31. The monoisotopic (exact) mass is 423 g/mol. The summed E-state index contributed by atoms with van der Waals surface area (Å²) in [7, 11) is 0. The number of hydrogen-bond donors (Lipinski definition) is 1. The first-order chi connectivity index (χ1) is 16.3. The quantitative estimate of drug-likeness (QED) is 0.350. The Balaban J connectivity index is 0.000000255. The lowest BCUT2D eigenvalue weighted by Crippen LogP contribution is -2.16. The van der Waals surface area contributed by atoms with Gasteiger partial charge in [-0.2, -0.15) is 0 Å². The standard InChI is InChI=1S/C25H14O.C6H7N/c26-24-7-3-5-15-8-9-20-19-11-10-18-17-6-2-1-4-16(17)14-23(18)21(19)12-13-22(20)25(15)24;1-2-4-6-7-5-3-1/h1-14H;1-7H. The van der Waals surface area contributed by atoms with Gasteiger partial charge in [-0.05, 0) is 72.3 Å². The highest BCUT2D eigenvalue weighted by molar-refractivity contribution is 6.20. The van der Waals surface area contributed by atoms with E-state index in [2.05, 4.69) is 72.1 Å². The Bertz CT molecular complexity index is 1790. The maximum Gasteiger partial charge on any atom is 0.187 e. The average molecular weight is 424 g/mol. The molecule has 4 aromatic rings. The van der Waals surface area contributed by atoms with Gasteiger partial charge in [0.2, 0.25) is 0 Å². The Hall–Kier alpha value is -4.43. The molecule has 1 aliphatic heterocycles. The second-order valence-electron chi connectivity index (χ2n) is 8.20. The number of nitrogens with one attached hydrogen (secondary N) is 1. The van der Waals surface area contributed by atoms with E-state index in [-0.39, 0.29) is 5.78 Å². The van der Waals surface area contributed by atoms with Crippen molar-refractivity contribution in [3.05, 3.63) is 142 Å². The molecule has 3 aliphatic rings. The fraction of sp³-hybridized carbons (Fsp3) is 0. The zero-order valence-corrected chi connectivity index (χ0v) is 18.0. The molecule has 0 bridgehead atoms. The van der Waals surface area contributed by atoms with E-state index in [0.717, 1.165) is 21.6 Å². The molecule has 1 N–H and O–H groups in total. The molecule has 0 spiro atoms. The molecule has 156 valence electrons. The molecule has 2 nitrogen and oxygen atoms in total. The second kappa shape index (κ2) is 7.92. The van der Waals surface area contributed by atoms with Crippen molar-refractivity contribution >= 4 is 39.5 Å². The van der Waals surface area contributed by atoms with Crippen LogP contribution in [0.3, 0.4) is 0 Å². The SMILES string of the molecule is C1=CC=CNC=C1.O=C1C=CC=c2ccc3c(ccc4c5c(ccc43)=c3ccccc3=C5)c21. The molecule has 0 saturated heterocycles. The summed E-state index contributed by atoms with van der Waals surface area (Å²) < 4.78 is 0. The number of carbonyl (C=O) groups is 1. The Morgan fingerprint density at radius 2 is 1.30 bits per heavy atom. The van der Waals surface area contributed by atoms with Crippen molar-refractivity contribution in [1.29, 1.82) is 0 Å². The predicted molar refractivity (Wildman–Crippen MR) is 137 cm³/mol. The van der Waals surface area contributed by atoms with E-state index in [1.807, 2.05) is 48.9 Å². The highest BCUT2D eigenvalue weighted by atomic mass is 16.1.